The number of methoxy groups -OCH3 is 1. The molecule has 230 valence electrons. The van der Waals surface area contributed by atoms with Gasteiger partial charge in [-0.1, -0.05) is 12.1 Å². The standard InChI is InChI=1S/C33H26O12/c1-12-8-16-22(19(37)9-12)30(42)26-27(39)15-6-7-33(26,31(16)45-13(2)34)11-14-10-20(38)25(28(40)21(14)15)29(41)23-17(35)4-5-18(36)24(23)32(43)44-3/h4-6,8-10,26,31,35-38,40H,7,11H2,1-3H3/t26?,31-,33-/m0/s1. The van der Waals surface area contributed by atoms with Crippen LogP contribution in [0.25, 0.3) is 5.57 Å². The van der Waals surface area contributed by atoms with Crippen molar-refractivity contribution in [2.75, 3.05) is 7.11 Å². The fraction of sp³-hybridized carbons (Fsp3) is 0.242. The Morgan fingerprint density at radius 3 is 2.16 bits per heavy atom. The molecule has 2 bridgehead atoms. The molecule has 1 spiro atoms. The monoisotopic (exact) mass is 614 g/mol. The Labute approximate surface area is 254 Å². The summed E-state index contributed by atoms with van der Waals surface area (Å²) >= 11 is 0. The van der Waals surface area contributed by atoms with Crippen LogP contribution in [0.1, 0.15) is 78.3 Å². The van der Waals surface area contributed by atoms with E-state index in [2.05, 4.69) is 4.74 Å². The first-order valence-electron chi connectivity index (χ1n) is 13.8. The van der Waals surface area contributed by atoms with Crippen LogP contribution in [-0.4, -0.2) is 61.9 Å². The van der Waals surface area contributed by atoms with Crippen molar-refractivity contribution in [2.24, 2.45) is 11.3 Å². The number of rotatable bonds is 4. The molecule has 45 heavy (non-hydrogen) atoms. The van der Waals surface area contributed by atoms with Gasteiger partial charge < -0.3 is 35.0 Å². The number of Topliss-reactive ketones (excluding diaryl/α,β-unsaturated/α-hetero) is 2. The largest absolute Gasteiger partial charge is 0.507 e. The van der Waals surface area contributed by atoms with Gasteiger partial charge in [-0.2, -0.15) is 0 Å². The van der Waals surface area contributed by atoms with E-state index in [1.54, 1.807) is 13.0 Å². The van der Waals surface area contributed by atoms with Crippen LogP contribution in [0.15, 0.2) is 36.4 Å². The van der Waals surface area contributed by atoms with Gasteiger partial charge in [0.1, 0.15) is 46.0 Å². The number of hydrogen-bond donors (Lipinski definition) is 5. The number of aromatic hydroxyl groups is 5. The van der Waals surface area contributed by atoms with E-state index in [0.717, 1.165) is 25.3 Å². The highest BCUT2D eigenvalue weighted by Crippen LogP contribution is 2.62. The summed E-state index contributed by atoms with van der Waals surface area (Å²) in [6.45, 7) is 2.85. The molecule has 12 heteroatoms. The Morgan fingerprint density at radius 2 is 1.51 bits per heavy atom. The fourth-order valence-corrected chi connectivity index (χ4v) is 7.10. The number of aryl methyl sites for hydroxylation is 1. The third kappa shape index (κ3) is 4.01. The summed E-state index contributed by atoms with van der Waals surface area (Å²) in [6.07, 6.45) is 0.0979. The van der Waals surface area contributed by atoms with Gasteiger partial charge in [0, 0.05) is 29.0 Å². The van der Waals surface area contributed by atoms with E-state index >= 15 is 0 Å². The molecule has 0 radical (unpaired) electrons. The van der Waals surface area contributed by atoms with Crippen molar-refractivity contribution in [3.63, 3.8) is 0 Å². The zero-order valence-electron chi connectivity index (χ0n) is 24.1. The smallest absolute Gasteiger partial charge is 0.342 e. The zero-order chi connectivity index (χ0) is 32.7. The molecule has 3 atom stereocenters. The van der Waals surface area contributed by atoms with Crippen LogP contribution in [0.4, 0.5) is 0 Å². The van der Waals surface area contributed by atoms with Crippen molar-refractivity contribution < 1.29 is 59.0 Å². The van der Waals surface area contributed by atoms with Gasteiger partial charge in [0.15, 0.2) is 11.6 Å². The van der Waals surface area contributed by atoms with Gasteiger partial charge >= 0.3 is 11.9 Å². The molecular formula is C33H26O12. The van der Waals surface area contributed by atoms with Gasteiger partial charge in [-0.25, -0.2) is 4.79 Å². The number of phenolic OH excluding ortho intramolecular Hbond substituents is 5. The Bertz CT molecular complexity index is 1950. The molecule has 3 aromatic rings. The number of allylic oxidation sites excluding steroid dienone is 2. The van der Waals surface area contributed by atoms with Crippen molar-refractivity contribution in [1.82, 2.24) is 0 Å². The van der Waals surface area contributed by atoms with Crippen LogP contribution in [0.3, 0.4) is 0 Å². The number of ketones is 3. The van der Waals surface area contributed by atoms with E-state index in [-0.39, 0.29) is 46.4 Å². The summed E-state index contributed by atoms with van der Waals surface area (Å²) in [7, 11) is 0.981. The molecule has 4 aliphatic rings. The maximum atomic E-state index is 14.2. The Balaban J connectivity index is 1.59. The van der Waals surface area contributed by atoms with Crippen LogP contribution in [-0.2, 0) is 25.5 Å². The van der Waals surface area contributed by atoms with Crippen LogP contribution in [0.5, 0.6) is 28.7 Å². The molecule has 0 saturated heterocycles. The van der Waals surface area contributed by atoms with Gasteiger partial charge in [0.05, 0.1) is 24.2 Å². The average Bonchev–Trinajstić information content (AvgIpc) is 3.18. The number of carbonyl (C=O) groups excluding carboxylic acids is 5. The number of hydrogen-bond acceptors (Lipinski definition) is 12. The predicted molar refractivity (Wildman–Crippen MR) is 153 cm³/mol. The van der Waals surface area contributed by atoms with Gasteiger partial charge in [-0.05, 0) is 55.2 Å². The fourth-order valence-electron chi connectivity index (χ4n) is 7.10. The molecule has 7 rings (SSSR count). The molecule has 3 aromatic carbocycles. The molecule has 0 aliphatic heterocycles. The molecule has 1 unspecified atom stereocenters. The molecule has 12 nitrogen and oxygen atoms in total. The molecule has 0 heterocycles. The van der Waals surface area contributed by atoms with Crippen LogP contribution >= 0.6 is 0 Å². The van der Waals surface area contributed by atoms with Gasteiger partial charge in [0.2, 0.25) is 5.78 Å². The normalized spacial score (nSPS) is 21.2. The summed E-state index contributed by atoms with van der Waals surface area (Å²) in [5.41, 5.74) is -3.26. The summed E-state index contributed by atoms with van der Waals surface area (Å²) in [5, 5.41) is 54.3. The lowest BCUT2D eigenvalue weighted by molar-refractivity contribution is -0.160. The second kappa shape index (κ2) is 9.94. The van der Waals surface area contributed by atoms with E-state index in [1.165, 1.54) is 19.1 Å². The van der Waals surface area contributed by atoms with Crippen molar-refractivity contribution in [3.05, 3.63) is 80.9 Å². The lowest BCUT2D eigenvalue weighted by atomic mass is 9.55. The number of ether oxygens (including phenoxy) is 2. The third-order valence-electron chi connectivity index (χ3n) is 8.83. The summed E-state index contributed by atoms with van der Waals surface area (Å²) in [5.74, 6) is -9.64. The van der Waals surface area contributed by atoms with Crippen molar-refractivity contribution in [3.8, 4) is 28.7 Å². The zero-order valence-corrected chi connectivity index (χ0v) is 24.1. The number of carbonyl (C=O) groups is 5. The highest BCUT2D eigenvalue weighted by Gasteiger charge is 2.62. The average molecular weight is 615 g/mol. The van der Waals surface area contributed by atoms with Crippen LogP contribution in [0.2, 0.25) is 0 Å². The highest BCUT2D eigenvalue weighted by molar-refractivity contribution is 6.33. The van der Waals surface area contributed by atoms with Crippen LogP contribution < -0.4 is 0 Å². The highest BCUT2D eigenvalue weighted by atomic mass is 16.5. The SMILES string of the molecule is COC(=O)c1c(O)ccc(O)c1C(=O)c1c(O)cc2c(c1O)C1=CC[C@]3(C2)C(C1=O)C(=O)c1c(O)cc(C)cc1[C@@H]3OC(C)=O. The maximum absolute atomic E-state index is 14.2. The number of esters is 2. The first kappa shape index (κ1) is 29.4. The second-order valence-corrected chi connectivity index (χ2v) is 11.5. The molecule has 5 N–H and O–H groups in total. The lowest BCUT2D eigenvalue weighted by Crippen LogP contribution is -2.52. The molecule has 0 aromatic heterocycles. The molecule has 0 amide bonds. The van der Waals surface area contributed by atoms with Crippen molar-refractivity contribution in [2.45, 2.75) is 32.8 Å². The van der Waals surface area contributed by atoms with Crippen molar-refractivity contribution in [1.29, 1.82) is 0 Å². The minimum atomic E-state index is -1.46. The van der Waals surface area contributed by atoms with Crippen LogP contribution in [0, 0.1) is 18.3 Å². The third-order valence-corrected chi connectivity index (χ3v) is 8.83. The van der Waals surface area contributed by atoms with Gasteiger partial charge in [-0.3, -0.25) is 19.2 Å². The Kier molecular flexibility index (Phi) is 6.50. The minimum Gasteiger partial charge on any atom is -0.507 e. The summed E-state index contributed by atoms with van der Waals surface area (Å²) < 4.78 is 10.4. The number of phenols is 5. The second-order valence-electron chi connectivity index (χ2n) is 11.5. The van der Waals surface area contributed by atoms with E-state index in [1.807, 2.05) is 0 Å². The van der Waals surface area contributed by atoms with Gasteiger partial charge in [0.25, 0.3) is 0 Å². The summed E-state index contributed by atoms with van der Waals surface area (Å²) in [6, 6.07) is 5.95. The molecule has 4 aliphatic carbocycles. The molecule has 0 saturated carbocycles. The Hall–Kier alpha value is -5.65. The van der Waals surface area contributed by atoms with Gasteiger partial charge in [-0.15, -0.1) is 0 Å². The number of benzene rings is 3. The van der Waals surface area contributed by atoms with E-state index in [0.29, 0.717) is 5.56 Å². The molecule has 0 fully saturated rings. The van der Waals surface area contributed by atoms with E-state index in [9.17, 15) is 49.5 Å². The maximum Gasteiger partial charge on any atom is 0.342 e. The Morgan fingerprint density at radius 1 is 0.844 bits per heavy atom. The van der Waals surface area contributed by atoms with E-state index in [4.69, 9.17) is 4.74 Å². The quantitative estimate of drug-likeness (QED) is 0.124. The molecular weight excluding hydrogens is 588 g/mol. The number of fused-ring (bicyclic) bond motifs is 2. The topological polar surface area (TPSA) is 205 Å². The van der Waals surface area contributed by atoms with Crippen molar-refractivity contribution >= 4 is 34.9 Å². The summed E-state index contributed by atoms with van der Waals surface area (Å²) in [4.78, 5) is 66.9. The van der Waals surface area contributed by atoms with E-state index < -0.39 is 86.4 Å². The first-order chi connectivity index (χ1) is 21.2. The predicted octanol–water partition coefficient (Wildman–Crippen LogP) is 3.56. The first-order valence-corrected chi connectivity index (χ1v) is 13.8. The minimum absolute atomic E-state index is 0.00850. The lowest BCUT2D eigenvalue weighted by Gasteiger charge is -2.48.